The first-order valence-corrected chi connectivity index (χ1v) is 1.77. The van der Waals surface area contributed by atoms with Crippen LogP contribution in [-0.4, -0.2) is 12.2 Å². The first-order chi connectivity index (χ1) is 3.42. The molecular weight excluding hydrogens is 123 g/mol. The van der Waals surface area contributed by atoms with E-state index >= 15 is 0 Å². The number of alkyl halides is 3. The van der Waals surface area contributed by atoms with Crippen LogP contribution in [0.4, 0.5) is 13.2 Å². The highest BCUT2D eigenvalue weighted by atomic mass is 19.4. The molecule has 0 bridgehead atoms. The van der Waals surface area contributed by atoms with Crippen LogP contribution in [-0.2, 0) is 4.79 Å². The number of carbonyl (C=O) groups excluding carboxylic acids is 1. The van der Waals surface area contributed by atoms with Gasteiger partial charge in [0.25, 0.3) is 0 Å². The third-order valence-electron chi connectivity index (χ3n) is 0.318. The summed E-state index contributed by atoms with van der Waals surface area (Å²) in [7, 11) is 0. The van der Waals surface area contributed by atoms with E-state index < -0.39 is 12.2 Å². The van der Waals surface area contributed by atoms with Crippen LogP contribution in [0.2, 0.25) is 0 Å². The van der Waals surface area contributed by atoms with Gasteiger partial charge in [0.15, 0.2) is 0 Å². The lowest BCUT2D eigenvalue weighted by atomic mass is 10.7. The van der Waals surface area contributed by atoms with Crippen molar-refractivity contribution in [3.63, 3.8) is 0 Å². The first kappa shape index (κ1) is 7.26. The highest BCUT2D eigenvalue weighted by Crippen LogP contribution is 2.08. The van der Waals surface area contributed by atoms with E-state index in [0.29, 0.717) is 0 Å². The van der Waals surface area contributed by atoms with Crippen LogP contribution >= 0.6 is 0 Å². The van der Waals surface area contributed by atoms with E-state index in [9.17, 15) is 18.0 Å². The zero-order valence-corrected chi connectivity index (χ0v) is 4.04. The monoisotopic (exact) mass is 127 g/mol. The molecule has 1 N–H and O–H groups in total. The van der Waals surface area contributed by atoms with Crippen molar-refractivity contribution in [1.29, 1.82) is 0 Å². The molecule has 0 aliphatic rings. The third kappa shape index (κ3) is 5.26. The molecule has 0 aromatic heterocycles. The van der Waals surface area contributed by atoms with Crippen LogP contribution in [0, 0.1) is 0 Å². The number of rotatable bonds is 0. The fourth-order valence-electron chi connectivity index (χ4n) is 0.200. The Bertz CT molecular complexity index is 97.2. The van der Waals surface area contributed by atoms with Crippen LogP contribution in [0.25, 0.3) is 0 Å². The van der Waals surface area contributed by atoms with Crippen LogP contribution < -0.4 is 5.32 Å². The quantitative estimate of drug-likeness (QED) is 0.475. The molecule has 48 valence electrons. The lowest BCUT2D eigenvalue weighted by Gasteiger charge is -2.03. The zero-order valence-electron chi connectivity index (χ0n) is 4.04. The SMILES string of the molecule is CC(=O)NC(F)(F)F. The molecule has 8 heavy (non-hydrogen) atoms. The summed E-state index contributed by atoms with van der Waals surface area (Å²) in [4.78, 5) is 9.63. The average molecular weight is 127 g/mol. The number of hydrogen-bond acceptors (Lipinski definition) is 1. The molecule has 0 atom stereocenters. The molecule has 0 rings (SSSR count). The van der Waals surface area contributed by atoms with Gasteiger partial charge >= 0.3 is 6.30 Å². The number of hydrogen-bond donors (Lipinski definition) is 1. The molecule has 0 unspecified atom stereocenters. The van der Waals surface area contributed by atoms with Gasteiger partial charge in [-0.1, -0.05) is 0 Å². The minimum atomic E-state index is -4.58. The van der Waals surface area contributed by atoms with Gasteiger partial charge in [0.2, 0.25) is 5.91 Å². The second-order valence-electron chi connectivity index (χ2n) is 1.18. The Morgan fingerprint density at radius 3 is 1.88 bits per heavy atom. The lowest BCUT2D eigenvalue weighted by Crippen LogP contribution is -2.35. The van der Waals surface area contributed by atoms with Crippen molar-refractivity contribution in [2.24, 2.45) is 0 Å². The molecule has 0 fully saturated rings. The molecule has 1 amide bonds. The molecule has 2 nitrogen and oxygen atoms in total. The van der Waals surface area contributed by atoms with E-state index in [1.165, 1.54) is 0 Å². The van der Waals surface area contributed by atoms with Crippen molar-refractivity contribution in [3.05, 3.63) is 0 Å². The van der Waals surface area contributed by atoms with Crippen LogP contribution in [0.15, 0.2) is 0 Å². The molecule has 0 aromatic carbocycles. The van der Waals surface area contributed by atoms with Crippen molar-refractivity contribution >= 4 is 5.91 Å². The molecule has 0 aromatic rings. The van der Waals surface area contributed by atoms with Gasteiger partial charge in [-0.15, -0.1) is 0 Å². The smallest absolute Gasteiger partial charge is 0.275 e. The standard InChI is InChI=1S/C3H4F3NO/c1-2(8)7-3(4,5)6/h1H3,(H,7,8). The molecule has 0 saturated heterocycles. The predicted octanol–water partition coefficient (Wildman–Crippen LogP) is 0.642. The Morgan fingerprint density at radius 1 is 1.50 bits per heavy atom. The summed E-state index contributed by atoms with van der Waals surface area (Å²) in [6.45, 7) is 0.799. The maximum atomic E-state index is 11.0. The lowest BCUT2D eigenvalue weighted by molar-refractivity contribution is -0.168. The van der Waals surface area contributed by atoms with Crippen molar-refractivity contribution in [2.45, 2.75) is 13.2 Å². The van der Waals surface area contributed by atoms with Crippen LogP contribution in [0.3, 0.4) is 0 Å². The summed E-state index contributed by atoms with van der Waals surface area (Å²) in [5, 5.41) is 0.743. The van der Waals surface area contributed by atoms with Gasteiger partial charge in [0.05, 0.1) is 0 Å². The normalized spacial score (nSPS) is 11.0. The number of amides is 1. The van der Waals surface area contributed by atoms with E-state index in [2.05, 4.69) is 0 Å². The van der Waals surface area contributed by atoms with Gasteiger partial charge in [0.1, 0.15) is 0 Å². The molecule has 5 heteroatoms. The van der Waals surface area contributed by atoms with E-state index in [1.54, 1.807) is 0 Å². The van der Waals surface area contributed by atoms with Crippen molar-refractivity contribution in [3.8, 4) is 0 Å². The fraction of sp³-hybridized carbons (Fsp3) is 0.667. The number of halogens is 3. The largest absolute Gasteiger partial charge is 0.484 e. The Labute approximate surface area is 43.7 Å². The van der Waals surface area contributed by atoms with Crippen molar-refractivity contribution < 1.29 is 18.0 Å². The molecule has 0 aliphatic heterocycles. The fourth-order valence-corrected chi connectivity index (χ4v) is 0.200. The molecule has 0 saturated carbocycles. The Kier molecular flexibility index (Phi) is 1.83. The summed E-state index contributed by atoms with van der Waals surface area (Å²) in [6.07, 6.45) is -4.58. The van der Waals surface area contributed by atoms with Crippen molar-refractivity contribution in [1.82, 2.24) is 5.32 Å². The number of carbonyl (C=O) groups is 1. The average Bonchev–Trinajstić information content (AvgIpc) is 1.21. The molecular formula is C3H4F3NO. The highest BCUT2D eigenvalue weighted by molar-refractivity contribution is 5.73. The summed E-state index contributed by atoms with van der Waals surface area (Å²) in [5.41, 5.74) is 0. The van der Waals surface area contributed by atoms with Gasteiger partial charge in [-0.05, 0) is 0 Å². The number of nitrogens with one attached hydrogen (secondary N) is 1. The molecule has 0 heterocycles. The maximum absolute atomic E-state index is 11.0. The molecule has 0 spiro atoms. The van der Waals surface area contributed by atoms with Crippen LogP contribution in [0.5, 0.6) is 0 Å². The van der Waals surface area contributed by atoms with Crippen LogP contribution in [0.1, 0.15) is 6.92 Å². The van der Waals surface area contributed by atoms with Gasteiger partial charge in [-0.3, -0.25) is 10.1 Å². The van der Waals surface area contributed by atoms with Gasteiger partial charge in [-0.25, -0.2) is 0 Å². The second-order valence-corrected chi connectivity index (χ2v) is 1.18. The van der Waals surface area contributed by atoms with E-state index in [-0.39, 0.29) is 0 Å². The van der Waals surface area contributed by atoms with Gasteiger partial charge in [-0.2, -0.15) is 13.2 Å². The predicted molar refractivity (Wildman–Crippen MR) is 19.9 cm³/mol. The van der Waals surface area contributed by atoms with Gasteiger partial charge in [0, 0.05) is 6.92 Å². The summed E-state index contributed by atoms with van der Waals surface area (Å²) < 4.78 is 32.9. The third-order valence-corrected chi connectivity index (χ3v) is 0.318. The van der Waals surface area contributed by atoms with E-state index in [1.807, 2.05) is 0 Å². The highest BCUT2D eigenvalue weighted by Gasteiger charge is 2.27. The maximum Gasteiger partial charge on any atom is 0.484 e. The zero-order chi connectivity index (χ0) is 6.78. The minimum absolute atomic E-state index is 0.743. The topological polar surface area (TPSA) is 29.1 Å². The van der Waals surface area contributed by atoms with E-state index in [0.717, 1.165) is 12.2 Å². The summed E-state index contributed by atoms with van der Waals surface area (Å²) in [6, 6.07) is 0. The van der Waals surface area contributed by atoms with Crippen molar-refractivity contribution in [2.75, 3.05) is 0 Å². The minimum Gasteiger partial charge on any atom is -0.275 e. The summed E-state index contributed by atoms with van der Waals surface area (Å²) in [5.74, 6) is -1.10. The Hall–Kier alpha value is -0.740. The Balaban J connectivity index is 3.55. The first-order valence-electron chi connectivity index (χ1n) is 1.77. The second kappa shape index (κ2) is 2.02. The molecule has 0 aliphatic carbocycles. The summed E-state index contributed by atoms with van der Waals surface area (Å²) >= 11 is 0. The van der Waals surface area contributed by atoms with E-state index in [4.69, 9.17) is 0 Å². The Morgan fingerprint density at radius 2 is 1.88 bits per heavy atom. The molecule has 0 radical (unpaired) electrons. The van der Waals surface area contributed by atoms with Gasteiger partial charge < -0.3 is 0 Å².